The van der Waals surface area contributed by atoms with Crippen LogP contribution in [0, 0.1) is 12.7 Å². The minimum absolute atomic E-state index is 0.353. The van der Waals surface area contributed by atoms with Gasteiger partial charge in [0.15, 0.2) is 0 Å². The Morgan fingerprint density at radius 1 is 0.886 bits per heavy atom. The van der Waals surface area contributed by atoms with Gasteiger partial charge >= 0.3 is 5.69 Å². The number of halogens is 1. The van der Waals surface area contributed by atoms with E-state index in [0.717, 1.165) is 32.8 Å². The van der Waals surface area contributed by atoms with E-state index in [-0.39, 0.29) is 11.4 Å². The maximum atomic E-state index is 14.3. The highest BCUT2D eigenvalue weighted by atomic mass is 19.1. The Morgan fingerprint density at radius 2 is 1.63 bits per heavy atom. The molecule has 0 radical (unpaired) electrons. The fraction of sp³-hybridized carbons (Fsp3) is 0.143. The molecule has 2 aromatic heterocycles. The van der Waals surface area contributed by atoms with Gasteiger partial charge in [0.25, 0.3) is 5.56 Å². The van der Waals surface area contributed by atoms with E-state index in [4.69, 9.17) is 0 Å². The highest BCUT2D eigenvalue weighted by Gasteiger charge is 2.34. The number of hydrogen-bond donors (Lipinski definition) is 1. The number of rotatable bonds is 2. The van der Waals surface area contributed by atoms with E-state index in [1.807, 2.05) is 61.5 Å². The molecular weight excluding hydrogens is 443 g/mol. The molecule has 0 spiro atoms. The molecule has 1 atom stereocenters. The van der Waals surface area contributed by atoms with Crippen molar-refractivity contribution in [2.75, 3.05) is 5.32 Å². The monoisotopic (exact) mass is 466 g/mol. The number of anilines is 1. The van der Waals surface area contributed by atoms with Gasteiger partial charge in [-0.25, -0.2) is 9.18 Å². The third-order valence-corrected chi connectivity index (χ3v) is 6.83. The zero-order valence-electron chi connectivity index (χ0n) is 19.5. The summed E-state index contributed by atoms with van der Waals surface area (Å²) in [6, 6.07) is 21.7. The summed E-state index contributed by atoms with van der Waals surface area (Å²) in [5.41, 5.74) is 5.55. The largest absolute Gasteiger partial charge is 0.371 e. The van der Waals surface area contributed by atoms with E-state index in [0.29, 0.717) is 22.2 Å². The summed E-state index contributed by atoms with van der Waals surface area (Å²) < 4.78 is 19.0. The van der Waals surface area contributed by atoms with Crippen molar-refractivity contribution in [3.8, 4) is 16.9 Å². The van der Waals surface area contributed by atoms with Crippen LogP contribution in [-0.2, 0) is 14.1 Å². The molecule has 1 N–H and O–H groups in total. The maximum Gasteiger partial charge on any atom is 0.331 e. The number of para-hydroxylation sites is 2. The Bertz CT molecular complexity index is 1760. The van der Waals surface area contributed by atoms with Crippen molar-refractivity contribution in [2.45, 2.75) is 13.0 Å². The Morgan fingerprint density at radius 3 is 2.37 bits per heavy atom. The summed E-state index contributed by atoms with van der Waals surface area (Å²) in [5.74, 6) is -0.353. The molecule has 6 rings (SSSR count). The highest BCUT2D eigenvalue weighted by molar-refractivity contribution is 5.99. The summed E-state index contributed by atoms with van der Waals surface area (Å²) in [6.45, 7) is 2.01. The molecule has 0 aliphatic carbocycles. The number of nitrogens with one attached hydrogen (secondary N) is 1. The summed E-state index contributed by atoms with van der Waals surface area (Å²) in [6.07, 6.45) is 0. The van der Waals surface area contributed by atoms with Crippen LogP contribution in [0.4, 0.5) is 10.1 Å². The summed E-state index contributed by atoms with van der Waals surface area (Å²) in [7, 11) is 3.17. The fourth-order valence-electron chi connectivity index (χ4n) is 5.14. The minimum Gasteiger partial charge on any atom is -0.371 e. The molecule has 1 aliphatic rings. The second-order valence-electron chi connectivity index (χ2n) is 9.01. The number of fused-ring (bicyclic) bond motifs is 5. The molecule has 1 aliphatic heterocycles. The van der Waals surface area contributed by atoms with Crippen molar-refractivity contribution in [3.63, 3.8) is 0 Å². The van der Waals surface area contributed by atoms with Crippen LogP contribution in [0.15, 0.2) is 82.4 Å². The van der Waals surface area contributed by atoms with Crippen LogP contribution >= 0.6 is 0 Å². The van der Waals surface area contributed by atoms with Gasteiger partial charge in [0.05, 0.1) is 39.7 Å². The number of aromatic nitrogens is 3. The second-order valence-corrected chi connectivity index (χ2v) is 9.01. The van der Waals surface area contributed by atoms with Gasteiger partial charge < -0.3 is 9.88 Å². The predicted molar refractivity (Wildman–Crippen MR) is 136 cm³/mol. The normalized spacial score (nSPS) is 14.5. The van der Waals surface area contributed by atoms with Crippen molar-refractivity contribution in [1.29, 1.82) is 0 Å². The quantitative estimate of drug-likeness (QED) is 0.412. The van der Waals surface area contributed by atoms with Gasteiger partial charge in [-0.3, -0.25) is 13.9 Å². The van der Waals surface area contributed by atoms with E-state index in [1.165, 1.54) is 23.7 Å². The number of hydrogen-bond acceptors (Lipinski definition) is 3. The van der Waals surface area contributed by atoms with Gasteiger partial charge in [0.2, 0.25) is 0 Å². The van der Waals surface area contributed by atoms with Crippen molar-refractivity contribution >= 4 is 16.6 Å². The average molecular weight is 467 g/mol. The van der Waals surface area contributed by atoms with Gasteiger partial charge in [0, 0.05) is 14.1 Å². The number of aryl methyl sites for hydroxylation is 2. The van der Waals surface area contributed by atoms with E-state index in [1.54, 1.807) is 13.1 Å². The lowest BCUT2D eigenvalue weighted by Gasteiger charge is -2.31. The summed E-state index contributed by atoms with van der Waals surface area (Å²) >= 11 is 0. The first kappa shape index (κ1) is 21.2. The Kier molecular flexibility index (Phi) is 4.57. The molecule has 1 unspecified atom stereocenters. The molecule has 6 nitrogen and oxygen atoms in total. The van der Waals surface area contributed by atoms with Gasteiger partial charge in [0.1, 0.15) is 5.82 Å². The molecule has 0 saturated heterocycles. The Balaban J connectivity index is 1.86. The molecule has 0 amide bonds. The van der Waals surface area contributed by atoms with Crippen LogP contribution in [0.5, 0.6) is 0 Å². The van der Waals surface area contributed by atoms with Gasteiger partial charge in [-0.15, -0.1) is 0 Å². The van der Waals surface area contributed by atoms with Gasteiger partial charge in [-0.2, -0.15) is 0 Å². The van der Waals surface area contributed by atoms with Crippen LogP contribution in [0.2, 0.25) is 0 Å². The van der Waals surface area contributed by atoms with E-state index < -0.39 is 11.7 Å². The predicted octanol–water partition coefficient (Wildman–Crippen LogP) is 4.66. The summed E-state index contributed by atoms with van der Waals surface area (Å²) in [5, 5.41) is 3.98. The molecule has 5 aromatic rings. The van der Waals surface area contributed by atoms with Crippen molar-refractivity contribution in [3.05, 3.63) is 116 Å². The van der Waals surface area contributed by atoms with Crippen molar-refractivity contribution in [1.82, 2.24) is 13.7 Å². The lowest BCUT2D eigenvalue weighted by Crippen LogP contribution is -2.37. The molecule has 0 bridgehead atoms. The van der Waals surface area contributed by atoms with Crippen LogP contribution < -0.4 is 16.6 Å². The van der Waals surface area contributed by atoms with Gasteiger partial charge in [-0.1, -0.05) is 54.1 Å². The molecule has 3 aromatic carbocycles. The lowest BCUT2D eigenvalue weighted by molar-refractivity contribution is 0.623. The Hall–Kier alpha value is -4.39. The summed E-state index contributed by atoms with van der Waals surface area (Å²) in [4.78, 5) is 26.7. The van der Waals surface area contributed by atoms with E-state index in [9.17, 15) is 14.0 Å². The zero-order chi connectivity index (χ0) is 24.4. The SMILES string of the molecule is Cc1ccc(-c2c3c(=O)n(C)c(=O)n(C)c3c3n2-c2ccccc2NC3c2cccc(F)c2)cc1. The Labute approximate surface area is 200 Å². The first-order valence-electron chi connectivity index (χ1n) is 11.4. The molecule has 0 saturated carbocycles. The second kappa shape index (κ2) is 7.56. The first-order valence-corrected chi connectivity index (χ1v) is 11.4. The molecule has 0 fully saturated rings. The lowest BCUT2D eigenvalue weighted by atomic mass is 9.99. The molecule has 3 heterocycles. The third kappa shape index (κ3) is 3.01. The highest BCUT2D eigenvalue weighted by Crippen LogP contribution is 2.45. The third-order valence-electron chi connectivity index (χ3n) is 6.83. The smallest absolute Gasteiger partial charge is 0.331 e. The van der Waals surface area contributed by atoms with E-state index in [2.05, 4.69) is 9.88 Å². The van der Waals surface area contributed by atoms with Crippen LogP contribution in [0.25, 0.3) is 27.8 Å². The average Bonchev–Trinajstić information content (AvgIpc) is 3.23. The molecule has 35 heavy (non-hydrogen) atoms. The fourth-order valence-corrected chi connectivity index (χ4v) is 5.14. The van der Waals surface area contributed by atoms with Crippen molar-refractivity contribution < 1.29 is 4.39 Å². The number of benzene rings is 3. The topological polar surface area (TPSA) is 61.0 Å². The van der Waals surface area contributed by atoms with Gasteiger partial charge in [-0.05, 0) is 42.3 Å². The zero-order valence-corrected chi connectivity index (χ0v) is 19.5. The van der Waals surface area contributed by atoms with Crippen molar-refractivity contribution in [2.24, 2.45) is 14.1 Å². The number of nitrogens with zero attached hydrogens (tertiary/aromatic N) is 3. The molecule has 174 valence electrons. The molecule has 7 heteroatoms. The van der Waals surface area contributed by atoms with Crippen LogP contribution in [-0.4, -0.2) is 13.7 Å². The maximum absolute atomic E-state index is 14.3. The van der Waals surface area contributed by atoms with Crippen LogP contribution in [0.1, 0.15) is 22.9 Å². The minimum atomic E-state index is -0.486. The molecular formula is C28H23FN4O2. The standard InChI is InChI=1S/C28H23FN4O2/c1-16-11-13-17(14-12-16)24-22-25(31(2)28(35)32(3)27(22)34)26-23(18-7-6-8-19(29)15-18)30-20-9-4-5-10-21(20)33(24)26/h4-15,23,30H,1-3H3. The van der Waals surface area contributed by atoms with Crippen LogP contribution in [0.3, 0.4) is 0 Å². The first-order chi connectivity index (χ1) is 16.9. The van der Waals surface area contributed by atoms with E-state index >= 15 is 0 Å².